The van der Waals surface area contributed by atoms with Crippen molar-refractivity contribution in [3.05, 3.63) is 0 Å². The van der Waals surface area contributed by atoms with E-state index in [1.54, 1.807) is 5.32 Å². The number of rotatable bonds is 6. The Labute approximate surface area is 122 Å². The third-order valence-corrected chi connectivity index (χ3v) is 11.7. The Morgan fingerprint density at radius 2 is 1.75 bits per heavy atom. The molecule has 4 atom stereocenters. The van der Waals surface area contributed by atoms with Crippen LogP contribution in [0.2, 0.25) is 5.32 Å². The minimum absolute atomic E-state index is 0.954. The fraction of sp³-hybridized carbons (Fsp3) is 1.00. The molecule has 3 heterocycles. The Morgan fingerprint density at radius 1 is 1.06 bits per heavy atom. The molecule has 0 aromatic carbocycles. The Hall–Kier alpha value is 1.92. The van der Waals surface area contributed by atoms with E-state index in [9.17, 15) is 0 Å². The van der Waals surface area contributed by atoms with E-state index in [0.717, 1.165) is 34.9 Å². The van der Waals surface area contributed by atoms with Crippen LogP contribution in [0.3, 0.4) is 0 Å². The molecule has 0 aromatic rings. The van der Waals surface area contributed by atoms with Crippen molar-refractivity contribution in [3.8, 4) is 0 Å². The molecule has 16 heavy (non-hydrogen) atoms. The number of thioether (sulfide) groups is 4. The summed E-state index contributed by atoms with van der Waals surface area (Å²) in [4.78, 5) is 0. The first kappa shape index (κ1) is 12.9. The molecule has 0 amide bonds. The molecule has 3 aliphatic rings. The van der Waals surface area contributed by atoms with Crippen LogP contribution >= 0.6 is 47.0 Å². The summed E-state index contributed by atoms with van der Waals surface area (Å²) in [5, 5.41) is 4.64. The van der Waals surface area contributed by atoms with Crippen LogP contribution in [0.5, 0.6) is 0 Å². The van der Waals surface area contributed by atoms with Crippen molar-refractivity contribution in [2.24, 2.45) is 0 Å². The standard InChI is InChI=1S/C11H18S4Se/c1-2-16-11(15-7-10-6-14-10)3-8(1)12-4-9-5-13-9/h8-11H,1-7H2. The van der Waals surface area contributed by atoms with Crippen LogP contribution in [-0.2, 0) is 0 Å². The zero-order valence-electron chi connectivity index (χ0n) is 9.30. The molecule has 92 valence electrons. The van der Waals surface area contributed by atoms with Gasteiger partial charge in [-0.15, -0.1) is 0 Å². The first-order valence-corrected chi connectivity index (χ1v) is 12.4. The Morgan fingerprint density at radius 3 is 2.44 bits per heavy atom. The molecule has 4 unspecified atom stereocenters. The maximum absolute atomic E-state index is 2.31. The van der Waals surface area contributed by atoms with Gasteiger partial charge >= 0.3 is 123 Å². The second-order valence-corrected chi connectivity index (χ2v) is 13.2. The molecule has 0 aromatic heterocycles. The summed E-state index contributed by atoms with van der Waals surface area (Å²) in [5.41, 5.74) is 0. The number of hydrogen-bond acceptors (Lipinski definition) is 4. The predicted octanol–water partition coefficient (Wildman–Crippen LogP) is 3.29. The molecule has 0 aliphatic carbocycles. The van der Waals surface area contributed by atoms with Crippen molar-refractivity contribution in [2.45, 2.75) is 38.1 Å². The van der Waals surface area contributed by atoms with Crippen molar-refractivity contribution in [3.63, 3.8) is 0 Å². The molecule has 0 spiro atoms. The summed E-state index contributed by atoms with van der Waals surface area (Å²) >= 11 is 9.87. The quantitative estimate of drug-likeness (QED) is 0.528. The summed E-state index contributed by atoms with van der Waals surface area (Å²) in [6.45, 7) is 0. The van der Waals surface area contributed by atoms with Crippen LogP contribution in [-0.4, -0.2) is 57.9 Å². The molecule has 0 N–H and O–H groups in total. The molecule has 3 rings (SSSR count). The Bertz CT molecular complexity index is 208. The molecule has 5 heteroatoms. The second-order valence-electron chi connectivity index (χ2n) is 4.52. The monoisotopic (exact) mass is 358 g/mol. The van der Waals surface area contributed by atoms with Gasteiger partial charge in [-0.3, -0.25) is 0 Å². The second kappa shape index (κ2) is 6.38. The normalized spacial score (nSPS) is 42.0. The van der Waals surface area contributed by atoms with E-state index >= 15 is 0 Å². The van der Waals surface area contributed by atoms with Crippen LogP contribution in [0.15, 0.2) is 0 Å². The summed E-state index contributed by atoms with van der Waals surface area (Å²) < 4.78 is 1.06. The third-order valence-electron chi connectivity index (χ3n) is 2.99. The molecule has 0 radical (unpaired) electrons. The zero-order valence-corrected chi connectivity index (χ0v) is 14.3. The van der Waals surface area contributed by atoms with E-state index in [4.69, 9.17) is 0 Å². The summed E-state index contributed by atoms with van der Waals surface area (Å²) in [6.07, 6.45) is 3.06. The summed E-state index contributed by atoms with van der Waals surface area (Å²) in [7, 11) is 0. The predicted molar refractivity (Wildman–Crippen MR) is 84.8 cm³/mol. The van der Waals surface area contributed by atoms with Gasteiger partial charge in [0, 0.05) is 0 Å². The summed E-state index contributed by atoms with van der Waals surface area (Å²) in [6, 6.07) is 0. The van der Waals surface area contributed by atoms with Gasteiger partial charge in [-0.25, -0.2) is 0 Å². The van der Waals surface area contributed by atoms with Crippen molar-refractivity contribution >= 4 is 62.0 Å². The van der Waals surface area contributed by atoms with Gasteiger partial charge in [0.2, 0.25) is 0 Å². The van der Waals surface area contributed by atoms with Crippen LogP contribution in [0.1, 0.15) is 12.8 Å². The molecular weight excluding hydrogens is 339 g/mol. The fourth-order valence-corrected chi connectivity index (χ4v) is 10.6. The van der Waals surface area contributed by atoms with E-state index in [2.05, 4.69) is 47.0 Å². The first-order chi connectivity index (χ1) is 7.90. The molecule has 3 saturated heterocycles. The number of hydrogen-bond donors (Lipinski definition) is 0. The molecule has 0 saturated carbocycles. The minimum atomic E-state index is 0.954. The Balaban J connectivity index is 1.34. The van der Waals surface area contributed by atoms with Crippen LogP contribution in [0.4, 0.5) is 0 Å². The molecule has 0 bridgehead atoms. The van der Waals surface area contributed by atoms with Gasteiger partial charge in [-0.2, -0.15) is 0 Å². The Kier molecular flexibility index (Phi) is 5.16. The van der Waals surface area contributed by atoms with Gasteiger partial charge in [0.25, 0.3) is 0 Å². The van der Waals surface area contributed by atoms with E-state index < -0.39 is 0 Å². The van der Waals surface area contributed by atoms with Crippen molar-refractivity contribution in [1.82, 2.24) is 0 Å². The van der Waals surface area contributed by atoms with Crippen molar-refractivity contribution in [1.29, 1.82) is 0 Å². The van der Waals surface area contributed by atoms with Gasteiger partial charge in [-0.1, -0.05) is 0 Å². The first-order valence-electron chi connectivity index (χ1n) is 5.98. The molecule has 3 aliphatic heterocycles. The summed E-state index contributed by atoms with van der Waals surface area (Å²) in [5.74, 6) is 5.79. The van der Waals surface area contributed by atoms with E-state index in [0.29, 0.717) is 0 Å². The van der Waals surface area contributed by atoms with Gasteiger partial charge in [0.05, 0.1) is 0 Å². The van der Waals surface area contributed by atoms with Gasteiger partial charge < -0.3 is 0 Å². The average molecular weight is 357 g/mol. The third kappa shape index (κ3) is 4.55. The SMILES string of the molecule is C1CC(SCC2CS2)CC(SCC2CS2)[Se]1. The molecular formula is C11H18S4Se. The molecule has 0 nitrogen and oxygen atoms in total. The van der Waals surface area contributed by atoms with E-state index in [1.807, 2.05) is 0 Å². The van der Waals surface area contributed by atoms with E-state index in [1.165, 1.54) is 35.9 Å². The van der Waals surface area contributed by atoms with E-state index in [-0.39, 0.29) is 0 Å². The van der Waals surface area contributed by atoms with Crippen LogP contribution in [0, 0.1) is 0 Å². The molecule has 3 fully saturated rings. The van der Waals surface area contributed by atoms with Crippen molar-refractivity contribution in [2.75, 3.05) is 23.0 Å². The van der Waals surface area contributed by atoms with Crippen LogP contribution < -0.4 is 0 Å². The maximum atomic E-state index is 2.31. The van der Waals surface area contributed by atoms with Crippen LogP contribution in [0.25, 0.3) is 0 Å². The van der Waals surface area contributed by atoms with Gasteiger partial charge in [-0.05, 0) is 0 Å². The zero-order chi connectivity index (χ0) is 10.8. The van der Waals surface area contributed by atoms with Gasteiger partial charge in [0.1, 0.15) is 0 Å². The fourth-order valence-electron chi connectivity index (χ4n) is 1.79. The topological polar surface area (TPSA) is 0 Å². The average Bonchev–Trinajstić information content (AvgIpc) is 3.17. The van der Waals surface area contributed by atoms with Crippen molar-refractivity contribution < 1.29 is 0 Å². The van der Waals surface area contributed by atoms with Gasteiger partial charge in [0.15, 0.2) is 0 Å².